The molecule has 0 heterocycles. The Morgan fingerprint density at radius 2 is 2.07 bits per heavy atom. The van der Waals surface area contributed by atoms with E-state index in [-0.39, 0.29) is 0 Å². The molecule has 90 valence electrons. The Morgan fingerprint density at radius 1 is 1.27 bits per heavy atom. The first-order chi connectivity index (χ1) is 7.33. The molecule has 0 saturated heterocycles. The quantitative estimate of drug-likeness (QED) is 0.595. The molecule has 0 atom stereocenters. The third kappa shape index (κ3) is 4.49. The number of rotatable bonds is 9. The summed E-state index contributed by atoms with van der Waals surface area (Å²) in [7, 11) is 1.75. The smallest absolute Gasteiger partial charge is 0.0587 e. The van der Waals surface area contributed by atoms with Crippen LogP contribution in [0.5, 0.6) is 0 Å². The zero-order valence-electron chi connectivity index (χ0n) is 10.2. The maximum atomic E-state index is 5.44. The van der Waals surface area contributed by atoms with Gasteiger partial charge in [0.2, 0.25) is 0 Å². The van der Waals surface area contributed by atoms with Gasteiger partial charge in [-0.2, -0.15) is 0 Å². The highest BCUT2D eigenvalue weighted by atomic mass is 16.5. The zero-order chi connectivity index (χ0) is 11.0. The van der Waals surface area contributed by atoms with Crippen molar-refractivity contribution in [2.24, 2.45) is 5.41 Å². The van der Waals surface area contributed by atoms with E-state index in [0.717, 1.165) is 32.9 Å². The largest absolute Gasteiger partial charge is 0.383 e. The molecular weight excluding hydrogens is 190 g/mol. The minimum absolute atomic E-state index is 0.531. The average Bonchev–Trinajstić information content (AvgIpc) is 2.19. The van der Waals surface area contributed by atoms with Gasteiger partial charge in [-0.3, -0.25) is 0 Å². The highest BCUT2D eigenvalue weighted by Gasteiger charge is 2.35. The molecule has 15 heavy (non-hydrogen) atoms. The maximum Gasteiger partial charge on any atom is 0.0587 e. The number of nitrogens with one attached hydrogen (secondary N) is 1. The molecule has 0 spiro atoms. The van der Waals surface area contributed by atoms with Crippen LogP contribution >= 0.6 is 0 Å². The Labute approximate surface area is 93.5 Å². The molecule has 1 rings (SSSR count). The van der Waals surface area contributed by atoms with Crippen LogP contribution in [0.2, 0.25) is 0 Å². The molecule has 3 nitrogen and oxygen atoms in total. The normalized spacial score (nSPS) is 18.8. The molecule has 3 heteroatoms. The molecule has 1 N–H and O–H groups in total. The van der Waals surface area contributed by atoms with Gasteiger partial charge >= 0.3 is 0 Å². The Bertz CT molecular complexity index is 158. The Morgan fingerprint density at radius 3 is 2.60 bits per heavy atom. The van der Waals surface area contributed by atoms with Gasteiger partial charge in [-0.1, -0.05) is 6.42 Å². The summed E-state index contributed by atoms with van der Waals surface area (Å²) in [5, 5.41) is 3.48. The molecule has 0 aromatic carbocycles. The molecule has 1 aliphatic carbocycles. The molecule has 0 aromatic heterocycles. The number of ether oxygens (including phenoxy) is 2. The van der Waals surface area contributed by atoms with E-state index in [4.69, 9.17) is 9.47 Å². The molecule has 0 aliphatic heterocycles. The van der Waals surface area contributed by atoms with Crippen molar-refractivity contribution < 1.29 is 9.47 Å². The molecule has 0 bridgehead atoms. The van der Waals surface area contributed by atoms with E-state index in [0.29, 0.717) is 5.41 Å². The monoisotopic (exact) mass is 215 g/mol. The predicted molar refractivity (Wildman–Crippen MR) is 62.1 cm³/mol. The van der Waals surface area contributed by atoms with E-state index in [1.165, 1.54) is 25.7 Å². The molecule has 0 radical (unpaired) electrons. The van der Waals surface area contributed by atoms with Crippen LogP contribution < -0.4 is 5.32 Å². The second-order valence-corrected chi connectivity index (χ2v) is 4.47. The van der Waals surface area contributed by atoms with Gasteiger partial charge in [-0.05, 0) is 31.6 Å². The van der Waals surface area contributed by atoms with Crippen LogP contribution in [0.3, 0.4) is 0 Å². The second kappa shape index (κ2) is 7.20. The summed E-state index contributed by atoms with van der Waals surface area (Å²) in [4.78, 5) is 0. The van der Waals surface area contributed by atoms with Gasteiger partial charge in [-0.15, -0.1) is 0 Å². The molecule has 1 aliphatic rings. The fraction of sp³-hybridized carbons (Fsp3) is 1.00. The van der Waals surface area contributed by atoms with Gasteiger partial charge in [-0.25, -0.2) is 0 Å². The fourth-order valence-corrected chi connectivity index (χ4v) is 2.15. The average molecular weight is 215 g/mol. The van der Waals surface area contributed by atoms with Crippen LogP contribution in [0, 0.1) is 5.41 Å². The number of methoxy groups -OCH3 is 1. The third-order valence-corrected chi connectivity index (χ3v) is 3.38. The van der Waals surface area contributed by atoms with Gasteiger partial charge in [0.1, 0.15) is 0 Å². The SMILES string of the molecule is CCOCCC1(CNCCOC)CCC1. The minimum Gasteiger partial charge on any atom is -0.383 e. The summed E-state index contributed by atoms with van der Waals surface area (Å²) in [5.74, 6) is 0. The van der Waals surface area contributed by atoms with Crippen molar-refractivity contribution in [3.8, 4) is 0 Å². The van der Waals surface area contributed by atoms with Crippen molar-refractivity contribution in [1.82, 2.24) is 5.32 Å². The van der Waals surface area contributed by atoms with Crippen molar-refractivity contribution in [2.75, 3.05) is 40.0 Å². The Kier molecular flexibility index (Phi) is 6.22. The van der Waals surface area contributed by atoms with Gasteiger partial charge in [0.15, 0.2) is 0 Å². The van der Waals surface area contributed by atoms with Crippen molar-refractivity contribution in [2.45, 2.75) is 32.6 Å². The van der Waals surface area contributed by atoms with Crippen LogP contribution in [0.25, 0.3) is 0 Å². The topological polar surface area (TPSA) is 30.5 Å². The summed E-state index contributed by atoms with van der Waals surface area (Å²) in [6, 6.07) is 0. The van der Waals surface area contributed by atoms with Crippen LogP contribution in [-0.2, 0) is 9.47 Å². The molecular formula is C12H25NO2. The molecule has 0 amide bonds. The fourth-order valence-electron chi connectivity index (χ4n) is 2.15. The molecule has 1 fully saturated rings. The highest BCUT2D eigenvalue weighted by Crippen LogP contribution is 2.43. The van der Waals surface area contributed by atoms with E-state index in [2.05, 4.69) is 12.2 Å². The Hall–Kier alpha value is -0.120. The van der Waals surface area contributed by atoms with Gasteiger partial charge in [0.25, 0.3) is 0 Å². The van der Waals surface area contributed by atoms with E-state index in [1.807, 2.05) is 0 Å². The van der Waals surface area contributed by atoms with Crippen molar-refractivity contribution in [3.05, 3.63) is 0 Å². The highest BCUT2D eigenvalue weighted by molar-refractivity contribution is 4.89. The summed E-state index contributed by atoms with van der Waals surface area (Å²) in [6.45, 7) is 6.72. The second-order valence-electron chi connectivity index (χ2n) is 4.47. The lowest BCUT2D eigenvalue weighted by molar-refractivity contribution is 0.0527. The molecule has 0 unspecified atom stereocenters. The zero-order valence-corrected chi connectivity index (χ0v) is 10.2. The van der Waals surface area contributed by atoms with Crippen molar-refractivity contribution in [1.29, 1.82) is 0 Å². The summed E-state index contributed by atoms with van der Waals surface area (Å²) < 4.78 is 10.5. The van der Waals surface area contributed by atoms with Crippen LogP contribution in [-0.4, -0.2) is 40.0 Å². The van der Waals surface area contributed by atoms with E-state index < -0.39 is 0 Å². The maximum absolute atomic E-state index is 5.44. The van der Waals surface area contributed by atoms with E-state index in [9.17, 15) is 0 Å². The van der Waals surface area contributed by atoms with E-state index >= 15 is 0 Å². The van der Waals surface area contributed by atoms with Crippen LogP contribution in [0.4, 0.5) is 0 Å². The molecule has 1 saturated carbocycles. The first kappa shape index (κ1) is 12.9. The van der Waals surface area contributed by atoms with Crippen LogP contribution in [0.1, 0.15) is 32.6 Å². The van der Waals surface area contributed by atoms with Gasteiger partial charge in [0, 0.05) is 33.4 Å². The van der Waals surface area contributed by atoms with E-state index in [1.54, 1.807) is 7.11 Å². The lowest BCUT2D eigenvalue weighted by Gasteiger charge is -2.42. The summed E-state index contributed by atoms with van der Waals surface area (Å²) in [5.41, 5.74) is 0.531. The third-order valence-electron chi connectivity index (χ3n) is 3.38. The lowest BCUT2D eigenvalue weighted by Crippen LogP contribution is -2.41. The van der Waals surface area contributed by atoms with Crippen LogP contribution in [0.15, 0.2) is 0 Å². The number of hydrogen-bond donors (Lipinski definition) is 1. The first-order valence-electron chi connectivity index (χ1n) is 6.10. The Balaban J connectivity index is 2.09. The summed E-state index contributed by atoms with van der Waals surface area (Å²) >= 11 is 0. The number of hydrogen-bond acceptors (Lipinski definition) is 3. The van der Waals surface area contributed by atoms with Gasteiger partial charge < -0.3 is 14.8 Å². The minimum atomic E-state index is 0.531. The standard InChI is InChI=1S/C12H25NO2/c1-3-15-9-7-12(5-4-6-12)11-13-8-10-14-2/h13H,3-11H2,1-2H3. The molecule has 0 aromatic rings. The lowest BCUT2D eigenvalue weighted by atomic mass is 9.67. The van der Waals surface area contributed by atoms with Crippen molar-refractivity contribution >= 4 is 0 Å². The predicted octanol–water partition coefficient (Wildman–Crippen LogP) is 1.82. The van der Waals surface area contributed by atoms with Crippen molar-refractivity contribution in [3.63, 3.8) is 0 Å². The summed E-state index contributed by atoms with van der Waals surface area (Å²) in [6.07, 6.45) is 5.32. The first-order valence-corrected chi connectivity index (χ1v) is 6.10. The van der Waals surface area contributed by atoms with Gasteiger partial charge in [0.05, 0.1) is 6.61 Å².